The lowest BCUT2D eigenvalue weighted by atomic mass is 9.92. The number of hydrogen-bond donors (Lipinski definition) is 2. The highest BCUT2D eigenvalue weighted by Crippen LogP contribution is 2.29. The lowest BCUT2D eigenvalue weighted by molar-refractivity contribution is 0.0566. The number of carbonyl (C=O) groups is 1. The van der Waals surface area contributed by atoms with Crippen LogP contribution in [0.25, 0.3) is 0 Å². The largest absolute Gasteiger partial charge is 0.333 e. The normalized spacial score (nSPS) is 23.4. The van der Waals surface area contributed by atoms with Crippen LogP contribution >= 0.6 is 15.9 Å². The molecule has 2 rings (SSSR count). The van der Waals surface area contributed by atoms with Gasteiger partial charge < -0.3 is 10.6 Å². The number of hydrogen-bond acceptors (Lipinski definition) is 3. The van der Waals surface area contributed by atoms with Gasteiger partial charge in [-0.1, -0.05) is 20.8 Å². The van der Waals surface area contributed by atoms with Gasteiger partial charge in [-0.25, -0.2) is 0 Å². The van der Waals surface area contributed by atoms with E-state index in [4.69, 9.17) is 5.73 Å². The molecule has 0 aliphatic carbocycles. The van der Waals surface area contributed by atoms with E-state index in [-0.39, 0.29) is 11.9 Å². The first-order valence-electron chi connectivity index (χ1n) is 7.20. The molecule has 6 heteroatoms. The van der Waals surface area contributed by atoms with Gasteiger partial charge in [-0.15, -0.1) is 0 Å². The molecule has 20 heavy (non-hydrogen) atoms. The molecule has 1 aromatic heterocycles. The van der Waals surface area contributed by atoms with E-state index in [1.165, 1.54) is 0 Å². The Labute approximate surface area is 128 Å². The molecule has 0 spiro atoms. The van der Waals surface area contributed by atoms with Crippen LogP contribution in [-0.2, 0) is 0 Å². The predicted molar refractivity (Wildman–Crippen MR) is 82.7 cm³/mol. The zero-order valence-corrected chi connectivity index (χ0v) is 13.9. The fraction of sp³-hybridized carbons (Fsp3) is 0.714. The molecule has 2 heterocycles. The van der Waals surface area contributed by atoms with Crippen LogP contribution in [0.4, 0.5) is 0 Å². The SMILES string of the molecule is CC1CCN(C(=O)c2n[nH]c(C(C)C)c2Br)C(CN)C1. The number of likely N-dealkylation sites (tertiary alicyclic amines) is 1. The molecular formula is C14H23BrN4O. The number of carbonyl (C=O) groups excluding carboxylic acids is 1. The fourth-order valence-electron chi connectivity index (χ4n) is 2.74. The maximum absolute atomic E-state index is 12.7. The molecule has 3 N–H and O–H groups in total. The minimum Gasteiger partial charge on any atom is -0.333 e. The Morgan fingerprint density at radius 2 is 2.30 bits per heavy atom. The Kier molecular flexibility index (Phi) is 4.86. The van der Waals surface area contributed by atoms with Gasteiger partial charge in [0.15, 0.2) is 5.69 Å². The van der Waals surface area contributed by atoms with Crippen molar-refractivity contribution < 1.29 is 4.79 Å². The third-order valence-corrected chi connectivity index (χ3v) is 4.83. The van der Waals surface area contributed by atoms with Gasteiger partial charge in [-0.05, 0) is 40.6 Å². The highest BCUT2D eigenvalue weighted by Gasteiger charge is 2.32. The second-order valence-electron chi connectivity index (χ2n) is 5.97. The van der Waals surface area contributed by atoms with Gasteiger partial charge in [0.2, 0.25) is 0 Å². The molecule has 1 saturated heterocycles. The Hall–Kier alpha value is -0.880. The van der Waals surface area contributed by atoms with Gasteiger partial charge in [0.05, 0.1) is 10.2 Å². The summed E-state index contributed by atoms with van der Waals surface area (Å²) in [5, 5.41) is 7.16. The third-order valence-electron chi connectivity index (χ3n) is 4.02. The predicted octanol–water partition coefficient (Wildman–Crippen LogP) is 2.50. The number of amides is 1. The molecule has 2 unspecified atom stereocenters. The van der Waals surface area contributed by atoms with Crippen molar-refractivity contribution in [3.05, 3.63) is 15.9 Å². The summed E-state index contributed by atoms with van der Waals surface area (Å²) in [6.07, 6.45) is 2.00. The quantitative estimate of drug-likeness (QED) is 0.885. The van der Waals surface area contributed by atoms with Crippen molar-refractivity contribution in [3.8, 4) is 0 Å². The molecule has 1 aromatic rings. The zero-order chi connectivity index (χ0) is 14.9. The molecule has 0 aromatic carbocycles. The second kappa shape index (κ2) is 6.26. The highest BCUT2D eigenvalue weighted by molar-refractivity contribution is 9.10. The summed E-state index contributed by atoms with van der Waals surface area (Å²) in [7, 11) is 0. The van der Waals surface area contributed by atoms with Crippen molar-refractivity contribution >= 4 is 21.8 Å². The van der Waals surface area contributed by atoms with Crippen LogP contribution in [0.1, 0.15) is 55.7 Å². The molecule has 1 amide bonds. The van der Waals surface area contributed by atoms with Crippen molar-refractivity contribution in [2.24, 2.45) is 11.7 Å². The van der Waals surface area contributed by atoms with Crippen LogP contribution in [-0.4, -0.2) is 40.1 Å². The number of halogens is 1. The van der Waals surface area contributed by atoms with Gasteiger partial charge in [0.1, 0.15) is 0 Å². The Balaban J connectivity index is 2.22. The molecule has 1 fully saturated rings. The topological polar surface area (TPSA) is 75.0 Å². The summed E-state index contributed by atoms with van der Waals surface area (Å²) >= 11 is 3.50. The third kappa shape index (κ3) is 2.91. The summed E-state index contributed by atoms with van der Waals surface area (Å²) < 4.78 is 0.784. The van der Waals surface area contributed by atoms with Crippen LogP contribution in [0.3, 0.4) is 0 Å². The molecule has 0 saturated carbocycles. The molecule has 0 radical (unpaired) electrons. The average Bonchev–Trinajstić information content (AvgIpc) is 2.79. The summed E-state index contributed by atoms with van der Waals surface area (Å²) in [5.41, 5.74) is 7.26. The molecule has 0 bridgehead atoms. The van der Waals surface area contributed by atoms with Crippen LogP contribution in [0, 0.1) is 5.92 Å². The van der Waals surface area contributed by atoms with Gasteiger partial charge >= 0.3 is 0 Å². The maximum Gasteiger partial charge on any atom is 0.275 e. The number of nitrogens with zero attached hydrogens (tertiary/aromatic N) is 2. The maximum atomic E-state index is 12.7. The van der Waals surface area contributed by atoms with Crippen molar-refractivity contribution in [1.82, 2.24) is 15.1 Å². The van der Waals surface area contributed by atoms with Crippen molar-refractivity contribution in [2.45, 2.75) is 45.6 Å². The summed E-state index contributed by atoms with van der Waals surface area (Å²) in [4.78, 5) is 14.6. The number of aromatic amines is 1. The van der Waals surface area contributed by atoms with Crippen LogP contribution in [0.15, 0.2) is 4.47 Å². The molecule has 112 valence electrons. The van der Waals surface area contributed by atoms with Gasteiger partial charge in [0.25, 0.3) is 5.91 Å². The minimum atomic E-state index is -0.0256. The number of nitrogens with one attached hydrogen (secondary N) is 1. The van der Waals surface area contributed by atoms with Crippen molar-refractivity contribution in [3.63, 3.8) is 0 Å². The first-order chi connectivity index (χ1) is 9.45. The monoisotopic (exact) mass is 342 g/mol. The van der Waals surface area contributed by atoms with Crippen LogP contribution < -0.4 is 5.73 Å². The van der Waals surface area contributed by atoms with E-state index >= 15 is 0 Å². The lowest BCUT2D eigenvalue weighted by Gasteiger charge is -2.37. The molecule has 5 nitrogen and oxygen atoms in total. The number of piperidine rings is 1. The first-order valence-corrected chi connectivity index (χ1v) is 7.99. The van der Waals surface area contributed by atoms with E-state index in [0.717, 1.165) is 29.6 Å². The van der Waals surface area contributed by atoms with E-state index in [1.54, 1.807) is 0 Å². The van der Waals surface area contributed by atoms with Gasteiger partial charge in [-0.3, -0.25) is 9.89 Å². The van der Waals surface area contributed by atoms with E-state index in [0.29, 0.717) is 24.1 Å². The van der Waals surface area contributed by atoms with E-state index in [9.17, 15) is 4.79 Å². The van der Waals surface area contributed by atoms with E-state index in [2.05, 4.69) is 46.9 Å². The minimum absolute atomic E-state index is 0.0256. The Morgan fingerprint density at radius 3 is 2.85 bits per heavy atom. The molecule has 2 atom stereocenters. The zero-order valence-electron chi connectivity index (χ0n) is 12.3. The molecule has 1 aliphatic rings. The van der Waals surface area contributed by atoms with E-state index < -0.39 is 0 Å². The lowest BCUT2D eigenvalue weighted by Crippen LogP contribution is -2.49. The summed E-state index contributed by atoms with van der Waals surface area (Å²) in [6, 6.07) is 0.123. The van der Waals surface area contributed by atoms with Crippen LogP contribution in [0.2, 0.25) is 0 Å². The average molecular weight is 343 g/mol. The number of nitrogens with two attached hydrogens (primary N) is 1. The fourth-order valence-corrected chi connectivity index (χ4v) is 3.55. The van der Waals surface area contributed by atoms with Crippen molar-refractivity contribution in [1.29, 1.82) is 0 Å². The summed E-state index contributed by atoms with van der Waals surface area (Å²) in [6.45, 7) is 7.62. The number of H-pyrrole nitrogens is 1. The standard InChI is InChI=1S/C14H23BrN4O/c1-8(2)12-11(15)13(18-17-12)14(20)19-5-4-9(3)6-10(19)7-16/h8-10H,4-7,16H2,1-3H3,(H,17,18). The Bertz CT molecular complexity index is 486. The van der Waals surface area contributed by atoms with Gasteiger partial charge in [-0.2, -0.15) is 5.10 Å². The molecule has 1 aliphatic heterocycles. The highest BCUT2D eigenvalue weighted by atomic mass is 79.9. The number of rotatable bonds is 3. The Morgan fingerprint density at radius 1 is 1.60 bits per heavy atom. The first kappa shape index (κ1) is 15.5. The van der Waals surface area contributed by atoms with Crippen molar-refractivity contribution in [2.75, 3.05) is 13.1 Å². The molecular weight excluding hydrogens is 320 g/mol. The van der Waals surface area contributed by atoms with Crippen LogP contribution in [0.5, 0.6) is 0 Å². The smallest absolute Gasteiger partial charge is 0.275 e. The summed E-state index contributed by atoms with van der Waals surface area (Å²) in [5.74, 6) is 0.897. The van der Waals surface area contributed by atoms with E-state index in [1.807, 2.05) is 4.90 Å². The number of aromatic nitrogens is 2. The second-order valence-corrected chi connectivity index (χ2v) is 6.77. The van der Waals surface area contributed by atoms with Gasteiger partial charge in [0, 0.05) is 19.1 Å².